The molecule has 1 aromatic rings. The summed E-state index contributed by atoms with van der Waals surface area (Å²) in [6.07, 6.45) is 1.47. The lowest BCUT2D eigenvalue weighted by atomic mass is 10.0. The van der Waals surface area contributed by atoms with Gasteiger partial charge in [0.25, 0.3) is 5.91 Å². The number of nitrogens with one attached hydrogen (secondary N) is 1. The van der Waals surface area contributed by atoms with Gasteiger partial charge in [-0.1, -0.05) is 12.1 Å². The number of nitrogens with two attached hydrogens (primary N) is 1. The Kier molecular flexibility index (Phi) is 4.42. The van der Waals surface area contributed by atoms with Crippen molar-refractivity contribution in [1.29, 1.82) is 0 Å². The number of carbonyl (C=O) groups excluding carboxylic acids is 2. The molecule has 3 amide bonds. The average molecular weight is 326 g/mol. The van der Waals surface area contributed by atoms with E-state index in [0.717, 1.165) is 17.3 Å². The van der Waals surface area contributed by atoms with Crippen LogP contribution in [0.4, 0.5) is 4.79 Å². The maximum Gasteiger partial charge on any atom is 0.312 e. The SMILES string of the molecule is NC(=O)NC1CCN(C(=O)c2ccccc2Br)CC1. The van der Waals surface area contributed by atoms with Gasteiger partial charge < -0.3 is 16.0 Å². The smallest absolute Gasteiger partial charge is 0.312 e. The third-order valence-corrected chi connectivity index (χ3v) is 3.92. The van der Waals surface area contributed by atoms with Gasteiger partial charge in [0, 0.05) is 23.6 Å². The van der Waals surface area contributed by atoms with Crippen LogP contribution in [0.1, 0.15) is 23.2 Å². The minimum absolute atomic E-state index is 0.0185. The lowest BCUT2D eigenvalue weighted by Gasteiger charge is -2.32. The number of hydrogen-bond donors (Lipinski definition) is 2. The molecule has 2 rings (SSSR count). The first-order chi connectivity index (χ1) is 9.08. The summed E-state index contributed by atoms with van der Waals surface area (Å²) < 4.78 is 0.803. The number of rotatable bonds is 2. The van der Waals surface area contributed by atoms with Gasteiger partial charge in [-0.3, -0.25) is 4.79 Å². The number of likely N-dealkylation sites (tertiary alicyclic amines) is 1. The van der Waals surface area contributed by atoms with E-state index in [1.165, 1.54) is 0 Å². The molecule has 5 nitrogen and oxygen atoms in total. The van der Waals surface area contributed by atoms with Crippen molar-refractivity contribution in [2.24, 2.45) is 5.73 Å². The molecule has 0 saturated carbocycles. The zero-order chi connectivity index (χ0) is 13.8. The van der Waals surface area contributed by atoms with E-state index in [9.17, 15) is 9.59 Å². The van der Waals surface area contributed by atoms with Crippen molar-refractivity contribution < 1.29 is 9.59 Å². The number of piperidine rings is 1. The van der Waals surface area contributed by atoms with Crippen LogP contribution in [0.2, 0.25) is 0 Å². The van der Waals surface area contributed by atoms with Crippen LogP contribution in [0, 0.1) is 0 Å². The minimum atomic E-state index is -0.504. The highest BCUT2D eigenvalue weighted by Gasteiger charge is 2.24. The van der Waals surface area contributed by atoms with Crippen molar-refractivity contribution in [2.45, 2.75) is 18.9 Å². The second-order valence-corrected chi connectivity index (χ2v) is 5.41. The molecule has 6 heteroatoms. The number of urea groups is 1. The van der Waals surface area contributed by atoms with Crippen LogP contribution in [-0.4, -0.2) is 36.0 Å². The summed E-state index contributed by atoms with van der Waals surface area (Å²) in [6, 6.07) is 6.95. The fourth-order valence-electron chi connectivity index (χ4n) is 2.23. The molecule has 1 aromatic carbocycles. The number of halogens is 1. The third kappa shape index (κ3) is 3.47. The molecule has 102 valence electrons. The van der Waals surface area contributed by atoms with Gasteiger partial charge >= 0.3 is 6.03 Å². The van der Waals surface area contributed by atoms with Gasteiger partial charge in [0.15, 0.2) is 0 Å². The molecule has 1 fully saturated rings. The number of nitrogens with zero attached hydrogens (tertiary/aromatic N) is 1. The quantitative estimate of drug-likeness (QED) is 0.868. The summed E-state index contributed by atoms with van der Waals surface area (Å²) in [5.74, 6) is 0.0185. The summed E-state index contributed by atoms with van der Waals surface area (Å²) in [5.41, 5.74) is 5.76. The molecule has 0 radical (unpaired) electrons. The molecule has 0 spiro atoms. The first-order valence-corrected chi connectivity index (χ1v) is 6.97. The lowest BCUT2D eigenvalue weighted by molar-refractivity contribution is 0.0708. The second kappa shape index (κ2) is 6.06. The highest BCUT2D eigenvalue weighted by Crippen LogP contribution is 2.20. The molecule has 3 N–H and O–H groups in total. The molecule has 0 bridgehead atoms. The van der Waals surface area contributed by atoms with Crippen molar-refractivity contribution in [3.8, 4) is 0 Å². The van der Waals surface area contributed by atoms with Crippen LogP contribution in [-0.2, 0) is 0 Å². The maximum atomic E-state index is 12.3. The molecular formula is C13H16BrN3O2. The number of primary amides is 1. The van der Waals surface area contributed by atoms with Gasteiger partial charge in [0.05, 0.1) is 5.56 Å². The van der Waals surface area contributed by atoms with Gasteiger partial charge in [-0.2, -0.15) is 0 Å². The van der Waals surface area contributed by atoms with Crippen LogP contribution >= 0.6 is 15.9 Å². The molecule has 1 saturated heterocycles. The summed E-state index contributed by atoms with van der Waals surface area (Å²) >= 11 is 3.39. The third-order valence-electron chi connectivity index (χ3n) is 3.23. The predicted molar refractivity (Wildman–Crippen MR) is 75.8 cm³/mol. The number of benzene rings is 1. The highest BCUT2D eigenvalue weighted by molar-refractivity contribution is 9.10. The Morgan fingerprint density at radius 1 is 1.26 bits per heavy atom. The molecular weight excluding hydrogens is 310 g/mol. The topological polar surface area (TPSA) is 75.4 Å². The van der Waals surface area contributed by atoms with Gasteiger partial charge in [-0.15, -0.1) is 0 Å². The Morgan fingerprint density at radius 3 is 2.47 bits per heavy atom. The summed E-state index contributed by atoms with van der Waals surface area (Å²) in [4.78, 5) is 24.9. The van der Waals surface area contributed by atoms with E-state index in [0.29, 0.717) is 18.7 Å². The molecule has 0 atom stereocenters. The standard InChI is InChI=1S/C13H16BrN3O2/c14-11-4-2-1-3-10(11)12(18)17-7-5-9(6-8-17)16-13(15)19/h1-4,9H,5-8H2,(H3,15,16,19). The van der Waals surface area contributed by atoms with Crippen molar-refractivity contribution in [3.63, 3.8) is 0 Å². The zero-order valence-electron chi connectivity index (χ0n) is 10.4. The minimum Gasteiger partial charge on any atom is -0.352 e. The number of hydrogen-bond acceptors (Lipinski definition) is 2. The molecule has 0 unspecified atom stereocenters. The van der Waals surface area contributed by atoms with E-state index >= 15 is 0 Å². The Labute approximate surface area is 120 Å². The van der Waals surface area contributed by atoms with Gasteiger partial charge in [0.2, 0.25) is 0 Å². The molecule has 0 aliphatic carbocycles. The fourth-order valence-corrected chi connectivity index (χ4v) is 2.69. The Balaban J connectivity index is 1.96. The van der Waals surface area contributed by atoms with Gasteiger partial charge in [0.1, 0.15) is 0 Å². The monoisotopic (exact) mass is 325 g/mol. The second-order valence-electron chi connectivity index (χ2n) is 4.55. The predicted octanol–water partition coefficient (Wildman–Crippen LogP) is 1.72. The fraction of sp³-hybridized carbons (Fsp3) is 0.385. The van der Waals surface area contributed by atoms with Crippen molar-refractivity contribution >= 4 is 27.9 Å². The summed E-state index contributed by atoms with van der Waals surface area (Å²) in [7, 11) is 0. The van der Waals surface area contributed by atoms with Gasteiger partial charge in [-0.05, 0) is 40.9 Å². The summed E-state index contributed by atoms with van der Waals surface area (Å²) in [6.45, 7) is 1.26. The van der Waals surface area contributed by atoms with Crippen LogP contribution in [0.5, 0.6) is 0 Å². The Morgan fingerprint density at radius 2 is 1.89 bits per heavy atom. The first kappa shape index (κ1) is 13.9. The van der Waals surface area contributed by atoms with E-state index in [1.807, 2.05) is 18.2 Å². The molecule has 1 aliphatic rings. The Bertz CT molecular complexity index is 485. The zero-order valence-corrected chi connectivity index (χ0v) is 12.0. The molecule has 1 heterocycles. The normalized spacial score (nSPS) is 16.2. The van der Waals surface area contributed by atoms with E-state index in [-0.39, 0.29) is 11.9 Å². The summed E-state index contributed by atoms with van der Waals surface area (Å²) in [5, 5.41) is 2.68. The maximum absolute atomic E-state index is 12.3. The Hall–Kier alpha value is -1.56. The van der Waals surface area contributed by atoms with Crippen molar-refractivity contribution in [3.05, 3.63) is 34.3 Å². The van der Waals surface area contributed by atoms with Crippen LogP contribution < -0.4 is 11.1 Å². The van der Waals surface area contributed by atoms with Crippen LogP contribution in [0.3, 0.4) is 0 Å². The van der Waals surface area contributed by atoms with Crippen LogP contribution in [0.25, 0.3) is 0 Å². The highest BCUT2D eigenvalue weighted by atomic mass is 79.9. The molecule has 1 aliphatic heterocycles. The molecule has 19 heavy (non-hydrogen) atoms. The molecule has 0 aromatic heterocycles. The van der Waals surface area contributed by atoms with E-state index in [1.54, 1.807) is 11.0 Å². The first-order valence-electron chi connectivity index (χ1n) is 6.17. The lowest BCUT2D eigenvalue weighted by Crippen LogP contribution is -2.47. The van der Waals surface area contributed by atoms with E-state index < -0.39 is 6.03 Å². The number of amides is 3. The van der Waals surface area contributed by atoms with Crippen molar-refractivity contribution in [2.75, 3.05) is 13.1 Å². The largest absolute Gasteiger partial charge is 0.352 e. The van der Waals surface area contributed by atoms with Crippen LogP contribution in [0.15, 0.2) is 28.7 Å². The van der Waals surface area contributed by atoms with E-state index in [4.69, 9.17) is 5.73 Å². The van der Waals surface area contributed by atoms with Crippen molar-refractivity contribution in [1.82, 2.24) is 10.2 Å². The van der Waals surface area contributed by atoms with Gasteiger partial charge in [-0.25, -0.2) is 4.79 Å². The van der Waals surface area contributed by atoms with E-state index in [2.05, 4.69) is 21.2 Å². The average Bonchev–Trinajstić information content (AvgIpc) is 2.39. The number of carbonyl (C=O) groups is 2.